The number of fused-ring (bicyclic) bond motifs is 2. The monoisotopic (exact) mass is 574 g/mol. The summed E-state index contributed by atoms with van der Waals surface area (Å²) < 4.78 is 11.2. The third-order valence-electron chi connectivity index (χ3n) is 7.89. The van der Waals surface area contributed by atoms with E-state index in [0.29, 0.717) is 48.9 Å². The molecule has 2 aliphatic heterocycles. The lowest BCUT2D eigenvalue weighted by molar-refractivity contribution is 0.0344. The van der Waals surface area contributed by atoms with Crippen LogP contribution < -0.4 is 15.4 Å². The van der Waals surface area contributed by atoms with Crippen molar-refractivity contribution < 1.29 is 24.2 Å². The number of aromatic amines is 1. The van der Waals surface area contributed by atoms with Crippen LogP contribution in [0.15, 0.2) is 54.6 Å². The van der Waals surface area contributed by atoms with Crippen molar-refractivity contribution in [1.29, 1.82) is 0 Å². The highest BCUT2D eigenvalue weighted by molar-refractivity contribution is 7.16. The number of carboxylic acids is 1. The summed E-state index contributed by atoms with van der Waals surface area (Å²) in [6, 6.07) is 17.4. The molecule has 4 heterocycles. The van der Waals surface area contributed by atoms with Crippen molar-refractivity contribution in [2.45, 2.75) is 44.5 Å². The first kappa shape index (κ1) is 27.3. The Morgan fingerprint density at radius 2 is 2.00 bits per heavy atom. The number of para-hydroxylation sites is 1. The highest BCUT2D eigenvalue weighted by Crippen LogP contribution is 2.43. The number of H-pyrrole nitrogens is 1. The zero-order valence-electron chi connectivity index (χ0n) is 22.9. The molecule has 0 spiro atoms. The van der Waals surface area contributed by atoms with Crippen LogP contribution in [0.25, 0.3) is 10.9 Å². The number of amides is 1. The molecule has 4 N–H and O–H groups in total. The molecule has 6 rings (SSSR count). The van der Waals surface area contributed by atoms with E-state index in [9.17, 15) is 14.7 Å². The molecule has 214 valence electrons. The first-order valence-electron chi connectivity index (χ1n) is 14.0. The van der Waals surface area contributed by atoms with Gasteiger partial charge in [0.15, 0.2) is 0 Å². The summed E-state index contributed by atoms with van der Waals surface area (Å²) in [5, 5.41) is 18.4. The maximum Gasteiger partial charge on any atom is 0.338 e. The minimum Gasteiger partial charge on any atom is -0.497 e. The molecule has 2 atom stereocenters. The summed E-state index contributed by atoms with van der Waals surface area (Å²) in [6.45, 7) is 2.34. The van der Waals surface area contributed by atoms with Crippen molar-refractivity contribution in [2.75, 3.05) is 32.1 Å². The number of aromatic carboxylic acids is 1. The van der Waals surface area contributed by atoms with Gasteiger partial charge in [-0.2, -0.15) is 0 Å². The third-order valence-corrected chi connectivity index (χ3v) is 9.16. The number of carbonyl (C=O) groups excluding carboxylic acids is 1. The summed E-state index contributed by atoms with van der Waals surface area (Å²) >= 11 is 1.47. The van der Waals surface area contributed by atoms with Gasteiger partial charge in [0.2, 0.25) is 0 Å². The number of carbonyl (C=O) groups is 2. The number of nitrogens with one attached hydrogen (secondary N) is 3. The van der Waals surface area contributed by atoms with Crippen molar-refractivity contribution in [2.24, 2.45) is 0 Å². The number of nitrogens with zero attached hydrogens (tertiary/aromatic N) is 1. The second-order valence-electron chi connectivity index (χ2n) is 10.5. The molecule has 1 fully saturated rings. The van der Waals surface area contributed by atoms with Crippen LogP contribution in [-0.2, 0) is 17.7 Å². The van der Waals surface area contributed by atoms with E-state index in [4.69, 9.17) is 9.47 Å². The third kappa shape index (κ3) is 5.81. The summed E-state index contributed by atoms with van der Waals surface area (Å²) in [5.74, 6) is -0.339. The molecular formula is C31H34N4O5S. The number of anilines is 1. The Labute approximate surface area is 242 Å². The van der Waals surface area contributed by atoms with Gasteiger partial charge in [0.1, 0.15) is 22.7 Å². The normalized spacial score (nSPS) is 19.0. The molecular weight excluding hydrogens is 540 g/mol. The van der Waals surface area contributed by atoms with Crippen molar-refractivity contribution in [3.8, 4) is 5.75 Å². The first-order valence-corrected chi connectivity index (χ1v) is 14.8. The van der Waals surface area contributed by atoms with Crippen LogP contribution in [0.3, 0.4) is 0 Å². The molecule has 2 aliphatic rings. The fourth-order valence-corrected chi connectivity index (χ4v) is 7.18. The van der Waals surface area contributed by atoms with Gasteiger partial charge in [0.25, 0.3) is 5.91 Å². The Balaban J connectivity index is 1.29. The van der Waals surface area contributed by atoms with Crippen molar-refractivity contribution in [3.05, 3.63) is 81.9 Å². The Hall–Kier alpha value is -3.86. The number of ether oxygens (including phenoxy) is 2. The van der Waals surface area contributed by atoms with E-state index in [0.717, 1.165) is 51.9 Å². The minimum atomic E-state index is -0.940. The molecule has 2 aromatic heterocycles. The van der Waals surface area contributed by atoms with E-state index < -0.39 is 5.97 Å². The fraction of sp³-hybridized carbons (Fsp3) is 0.355. The van der Waals surface area contributed by atoms with Crippen LogP contribution in [0.1, 0.15) is 62.2 Å². The lowest BCUT2D eigenvalue weighted by Gasteiger charge is -2.36. The molecule has 1 saturated heterocycles. The molecule has 0 saturated carbocycles. The van der Waals surface area contributed by atoms with Crippen LogP contribution in [-0.4, -0.2) is 59.9 Å². The van der Waals surface area contributed by atoms with Crippen molar-refractivity contribution in [1.82, 2.24) is 15.2 Å². The summed E-state index contributed by atoms with van der Waals surface area (Å²) in [4.78, 5) is 32.2. The molecule has 10 heteroatoms. The standard InChI is InChI=1S/C31H34N4O5S/c1-39-21-11-9-19(10-12-21)18-35-14-13-22-27(31(37)38)30(34-26-8-4-5-15-40-26)41-28(22)25(35)17-32-29(36)24-16-20-6-2-3-7-23(20)33-24/h2-3,6-7,9-12,16,25-26,33-34H,4-5,8,13-15,17-18H2,1H3,(H,32,36)(H,37,38). The van der Waals surface area contributed by atoms with E-state index in [1.54, 1.807) is 7.11 Å². The van der Waals surface area contributed by atoms with Gasteiger partial charge in [0.05, 0.1) is 18.7 Å². The number of aromatic nitrogens is 1. The SMILES string of the molecule is COc1ccc(CN2CCc3c(sc(NC4CCCCO4)c3C(=O)O)C2CNC(=O)c2cc3ccccc3[nH]2)cc1. The largest absolute Gasteiger partial charge is 0.497 e. The van der Waals surface area contributed by atoms with Gasteiger partial charge < -0.3 is 30.2 Å². The van der Waals surface area contributed by atoms with E-state index in [1.807, 2.05) is 54.6 Å². The highest BCUT2D eigenvalue weighted by Gasteiger charge is 2.35. The lowest BCUT2D eigenvalue weighted by Crippen LogP contribution is -2.41. The van der Waals surface area contributed by atoms with Crippen LogP contribution >= 0.6 is 11.3 Å². The summed E-state index contributed by atoms with van der Waals surface area (Å²) in [5.41, 5.74) is 3.69. The second kappa shape index (κ2) is 11.9. The summed E-state index contributed by atoms with van der Waals surface area (Å²) in [7, 11) is 1.65. The molecule has 2 unspecified atom stereocenters. The van der Waals surface area contributed by atoms with Gasteiger partial charge in [-0.15, -0.1) is 11.3 Å². The van der Waals surface area contributed by atoms with E-state index >= 15 is 0 Å². The molecule has 0 bridgehead atoms. The number of hydrogen-bond acceptors (Lipinski definition) is 7. The van der Waals surface area contributed by atoms with E-state index in [1.165, 1.54) is 11.3 Å². The Morgan fingerprint density at radius 1 is 1.17 bits per heavy atom. The van der Waals surface area contributed by atoms with Gasteiger partial charge in [0, 0.05) is 42.0 Å². The molecule has 2 aromatic carbocycles. The average Bonchev–Trinajstić information content (AvgIpc) is 3.59. The van der Waals surface area contributed by atoms with Crippen LogP contribution in [0.2, 0.25) is 0 Å². The Kier molecular flexibility index (Phi) is 7.95. The first-order chi connectivity index (χ1) is 20.0. The number of benzene rings is 2. The molecule has 41 heavy (non-hydrogen) atoms. The van der Waals surface area contributed by atoms with Crippen LogP contribution in [0, 0.1) is 0 Å². The quantitative estimate of drug-likeness (QED) is 0.211. The van der Waals surface area contributed by atoms with E-state index in [-0.39, 0.29) is 18.2 Å². The lowest BCUT2D eigenvalue weighted by atomic mass is 9.96. The molecule has 0 radical (unpaired) electrons. The van der Waals surface area contributed by atoms with Gasteiger partial charge in [-0.3, -0.25) is 9.69 Å². The predicted octanol–water partition coefficient (Wildman–Crippen LogP) is 5.40. The number of methoxy groups -OCH3 is 1. The smallest absolute Gasteiger partial charge is 0.338 e. The van der Waals surface area contributed by atoms with Gasteiger partial charge >= 0.3 is 5.97 Å². The molecule has 1 amide bonds. The van der Waals surface area contributed by atoms with Crippen LogP contribution in [0.5, 0.6) is 5.75 Å². The Bertz CT molecular complexity index is 1510. The van der Waals surface area contributed by atoms with Gasteiger partial charge in [-0.25, -0.2) is 4.79 Å². The number of rotatable bonds is 9. The van der Waals surface area contributed by atoms with Crippen molar-refractivity contribution in [3.63, 3.8) is 0 Å². The Morgan fingerprint density at radius 3 is 2.73 bits per heavy atom. The van der Waals surface area contributed by atoms with Crippen molar-refractivity contribution >= 4 is 39.1 Å². The second-order valence-corrected chi connectivity index (χ2v) is 11.6. The van der Waals surface area contributed by atoms with Gasteiger partial charge in [-0.05, 0) is 61.1 Å². The predicted molar refractivity (Wildman–Crippen MR) is 159 cm³/mol. The zero-order chi connectivity index (χ0) is 28.3. The fourth-order valence-electron chi connectivity index (χ4n) is 5.76. The van der Waals surface area contributed by atoms with Crippen LogP contribution in [0.4, 0.5) is 5.00 Å². The number of thiophene rings is 1. The number of hydrogen-bond donors (Lipinski definition) is 4. The van der Waals surface area contributed by atoms with E-state index in [2.05, 4.69) is 20.5 Å². The number of carboxylic acid groups (broad SMARTS) is 1. The molecule has 9 nitrogen and oxygen atoms in total. The summed E-state index contributed by atoms with van der Waals surface area (Å²) in [6.07, 6.45) is 3.32. The van der Waals surface area contributed by atoms with Gasteiger partial charge in [-0.1, -0.05) is 30.3 Å². The maximum absolute atomic E-state index is 13.3. The maximum atomic E-state index is 13.3. The topological polar surface area (TPSA) is 116 Å². The zero-order valence-corrected chi connectivity index (χ0v) is 23.8. The minimum absolute atomic E-state index is 0.193. The highest BCUT2D eigenvalue weighted by atomic mass is 32.1. The molecule has 4 aromatic rings. The average molecular weight is 575 g/mol. The molecule has 0 aliphatic carbocycles.